The second-order valence-corrected chi connectivity index (χ2v) is 10.1. The van der Waals surface area contributed by atoms with Crippen LogP contribution in [0.1, 0.15) is 60.6 Å². The zero-order valence-corrected chi connectivity index (χ0v) is 19.0. The van der Waals surface area contributed by atoms with Crippen molar-refractivity contribution >= 4 is 34.1 Å². The number of allylic oxidation sites excluding steroid dienone is 2. The van der Waals surface area contributed by atoms with Crippen LogP contribution < -0.4 is 5.32 Å². The lowest BCUT2D eigenvalue weighted by atomic mass is 9.78. The number of aromatic nitrogens is 2. The molecule has 2 aliphatic rings. The van der Waals surface area contributed by atoms with Gasteiger partial charge in [0.15, 0.2) is 5.78 Å². The Hall–Kier alpha value is -3.18. The molecule has 32 heavy (non-hydrogen) atoms. The lowest BCUT2D eigenvalue weighted by Crippen LogP contribution is -2.32. The summed E-state index contributed by atoms with van der Waals surface area (Å²) in [6.45, 7) is 4.41. The number of carbonyl (C=O) groups excluding carboxylic acids is 1. The van der Waals surface area contributed by atoms with Crippen molar-refractivity contribution in [3.8, 4) is 0 Å². The third kappa shape index (κ3) is 3.03. The molecule has 0 radical (unpaired) electrons. The summed E-state index contributed by atoms with van der Waals surface area (Å²) in [5.74, 6) is 1.76. The topological polar surface area (TPSA) is 46.9 Å². The molecule has 0 spiro atoms. The predicted molar refractivity (Wildman–Crippen MR) is 130 cm³/mol. The maximum atomic E-state index is 13.6. The van der Waals surface area contributed by atoms with Gasteiger partial charge in [-0.05, 0) is 53.0 Å². The number of nitrogens with zero attached hydrogens (tertiary/aromatic N) is 2. The number of nitrogens with one attached hydrogen (secondary N) is 1. The molecule has 6 rings (SSSR count). The molecule has 2 unspecified atom stereocenters. The van der Waals surface area contributed by atoms with Crippen molar-refractivity contribution < 1.29 is 4.79 Å². The molecule has 0 bridgehead atoms. The van der Waals surface area contributed by atoms with Crippen molar-refractivity contribution in [2.24, 2.45) is 0 Å². The number of anilines is 1. The second-order valence-electron chi connectivity index (χ2n) is 9.08. The molecular weight excluding hydrogens is 414 g/mol. The fourth-order valence-electron chi connectivity index (χ4n) is 5.13. The van der Waals surface area contributed by atoms with Crippen LogP contribution in [0.15, 0.2) is 77.3 Å². The summed E-state index contributed by atoms with van der Waals surface area (Å²) in [4.78, 5) is 19.7. The number of thiophene rings is 1. The fraction of sp³-hybridized carbons (Fsp3) is 0.259. The highest BCUT2D eigenvalue weighted by Gasteiger charge is 2.39. The summed E-state index contributed by atoms with van der Waals surface area (Å²) < 4.78 is 2.20. The molecule has 1 aliphatic heterocycles. The standard InChI is InChI=1S/C27H25N3OS/c1-16(2)17-9-11-18(12-10-17)19-14-21-25(23(31)15-19)26(24-8-5-13-32-24)30-22-7-4-3-6-20(22)28-27(30)29-21/h3-13,16,19,26H,14-15H2,1-2H3,(H,28,29). The smallest absolute Gasteiger partial charge is 0.209 e. The Morgan fingerprint density at radius 2 is 1.84 bits per heavy atom. The number of carbonyl (C=O) groups is 1. The molecule has 4 nitrogen and oxygen atoms in total. The normalized spacial score (nSPS) is 20.4. The first kappa shape index (κ1) is 19.5. The van der Waals surface area contributed by atoms with E-state index in [1.165, 1.54) is 16.0 Å². The van der Waals surface area contributed by atoms with Crippen molar-refractivity contribution in [2.45, 2.75) is 44.6 Å². The van der Waals surface area contributed by atoms with E-state index in [0.717, 1.165) is 34.7 Å². The molecule has 2 atom stereocenters. The first-order chi connectivity index (χ1) is 15.6. The minimum Gasteiger partial charge on any atom is -0.329 e. The van der Waals surface area contributed by atoms with E-state index in [1.807, 2.05) is 18.2 Å². The largest absolute Gasteiger partial charge is 0.329 e. The number of rotatable bonds is 3. The van der Waals surface area contributed by atoms with Gasteiger partial charge in [-0.25, -0.2) is 4.98 Å². The molecule has 0 saturated heterocycles. The number of hydrogen-bond donors (Lipinski definition) is 1. The number of para-hydroxylation sites is 2. The Kier molecular flexibility index (Phi) is 4.54. The number of ketones is 1. The van der Waals surface area contributed by atoms with E-state index in [9.17, 15) is 4.79 Å². The van der Waals surface area contributed by atoms with Gasteiger partial charge in [0, 0.05) is 22.6 Å². The maximum Gasteiger partial charge on any atom is 0.209 e. The molecule has 4 aromatic rings. The second kappa shape index (κ2) is 7.45. The van der Waals surface area contributed by atoms with Crippen molar-refractivity contribution in [3.63, 3.8) is 0 Å². The van der Waals surface area contributed by atoms with Crippen molar-refractivity contribution in [3.05, 3.63) is 93.3 Å². The summed E-state index contributed by atoms with van der Waals surface area (Å²) in [7, 11) is 0. The lowest BCUT2D eigenvalue weighted by Gasteiger charge is -2.36. The monoisotopic (exact) mass is 439 g/mol. The van der Waals surface area contributed by atoms with Gasteiger partial charge in [0.05, 0.1) is 11.0 Å². The molecular formula is C27H25N3OS. The van der Waals surface area contributed by atoms with Gasteiger partial charge in [-0.2, -0.15) is 0 Å². The average Bonchev–Trinajstić information content (AvgIpc) is 3.45. The molecule has 0 saturated carbocycles. The molecule has 160 valence electrons. The van der Waals surface area contributed by atoms with E-state index in [4.69, 9.17) is 4.98 Å². The van der Waals surface area contributed by atoms with Gasteiger partial charge in [-0.1, -0.05) is 56.3 Å². The maximum absolute atomic E-state index is 13.6. The molecule has 0 amide bonds. The number of benzene rings is 2. The van der Waals surface area contributed by atoms with E-state index < -0.39 is 0 Å². The third-order valence-electron chi connectivity index (χ3n) is 6.79. The van der Waals surface area contributed by atoms with Crippen LogP contribution in [0.4, 0.5) is 5.95 Å². The van der Waals surface area contributed by atoms with Gasteiger partial charge >= 0.3 is 0 Å². The molecule has 3 heterocycles. The number of Topliss-reactive ketones (excluding diaryl/α,β-unsaturated/α-hetero) is 1. The van der Waals surface area contributed by atoms with Crippen LogP contribution in [0.2, 0.25) is 0 Å². The van der Waals surface area contributed by atoms with Crippen molar-refractivity contribution in [2.75, 3.05) is 5.32 Å². The molecule has 1 aliphatic carbocycles. The van der Waals surface area contributed by atoms with Crippen LogP contribution in [0, 0.1) is 0 Å². The number of fused-ring (bicyclic) bond motifs is 3. The summed E-state index contributed by atoms with van der Waals surface area (Å²) in [5.41, 5.74) is 6.50. The lowest BCUT2D eigenvalue weighted by molar-refractivity contribution is -0.116. The minimum absolute atomic E-state index is 0.120. The first-order valence-corrected chi connectivity index (χ1v) is 12.1. The highest BCUT2D eigenvalue weighted by molar-refractivity contribution is 7.10. The van der Waals surface area contributed by atoms with Crippen molar-refractivity contribution in [1.82, 2.24) is 9.55 Å². The van der Waals surface area contributed by atoms with Crippen LogP contribution in [-0.2, 0) is 4.79 Å². The Balaban J connectivity index is 1.45. The zero-order chi connectivity index (χ0) is 21.8. The quantitative estimate of drug-likeness (QED) is 0.389. The summed E-state index contributed by atoms with van der Waals surface area (Å²) in [5, 5.41) is 5.64. The van der Waals surface area contributed by atoms with Gasteiger partial charge in [-0.3, -0.25) is 9.36 Å². The van der Waals surface area contributed by atoms with E-state index in [0.29, 0.717) is 12.3 Å². The van der Waals surface area contributed by atoms with Crippen LogP contribution in [0.3, 0.4) is 0 Å². The van der Waals surface area contributed by atoms with Gasteiger partial charge in [0.2, 0.25) is 5.95 Å². The Labute approximate surface area is 191 Å². The van der Waals surface area contributed by atoms with Crippen LogP contribution in [-0.4, -0.2) is 15.3 Å². The molecule has 5 heteroatoms. The van der Waals surface area contributed by atoms with Gasteiger partial charge < -0.3 is 5.32 Å². The highest BCUT2D eigenvalue weighted by Crippen LogP contribution is 2.46. The summed E-state index contributed by atoms with van der Waals surface area (Å²) in [6.07, 6.45) is 1.37. The van der Waals surface area contributed by atoms with E-state index in [-0.39, 0.29) is 17.7 Å². The van der Waals surface area contributed by atoms with E-state index in [1.54, 1.807) is 11.3 Å². The van der Waals surface area contributed by atoms with Crippen LogP contribution in [0.5, 0.6) is 0 Å². The van der Waals surface area contributed by atoms with E-state index in [2.05, 4.69) is 71.6 Å². The average molecular weight is 440 g/mol. The fourth-order valence-corrected chi connectivity index (χ4v) is 5.95. The third-order valence-corrected chi connectivity index (χ3v) is 7.71. The van der Waals surface area contributed by atoms with Crippen molar-refractivity contribution in [1.29, 1.82) is 0 Å². The molecule has 2 aromatic carbocycles. The summed E-state index contributed by atoms with van der Waals surface area (Å²) >= 11 is 1.70. The minimum atomic E-state index is -0.120. The molecule has 0 fully saturated rings. The number of hydrogen-bond acceptors (Lipinski definition) is 4. The Morgan fingerprint density at radius 1 is 1.03 bits per heavy atom. The Morgan fingerprint density at radius 3 is 2.59 bits per heavy atom. The van der Waals surface area contributed by atoms with Gasteiger partial charge in [0.25, 0.3) is 0 Å². The molecule has 1 N–H and O–H groups in total. The summed E-state index contributed by atoms with van der Waals surface area (Å²) in [6, 6.07) is 21.1. The number of imidazole rings is 1. The zero-order valence-electron chi connectivity index (χ0n) is 18.2. The predicted octanol–water partition coefficient (Wildman–Crippen LogP) is 6.64. The van der Waals surface area contributed by atoms with Gasteiger partial charge in [0.1, 0.15) is 6.04 Å². The van der Waals surface area contributed by atoms with E-state index >= 15 is 0 Å². The van der Waals surface area contributed by atoms with Gasteiger partial charge in [-0.15, -0.1) is 11.3 Å². The molecule has 2 aromatic heterocycles. The highest BCUT2D eigenvalue weighted by atomic mass is 32.1. The van der Waals surface area contributed by atoms with Crippen LogP contribution in [0.25, 0.3) is 11.0 Å². The first-order valence-electron chi connectivity index (χ1n) is 11.2. The SMILES string of the molecule is CC(C)c1ccc(C2CC(=O)C3=C(C2)Nc2nc4ccccc4n2C3c2cccs2)cc1. The Bertz CT molecular complexity index is 1350. The van der Waals surface area contributed by atoms with Crippen LogP contribution >= 0.6 is 11.3 Å².